The fraction of sp³-hybridized carbons (Fsp3) is 0.208. The molecule has 9 atom stereocenters. The molecule has 10 heteroatoms. The van der Waals surface area contributed by atoms with Crippen LogP contribution in [0.2, 0.25) is 0 Å². The Labute approximate surface area is 336 Å². The van der Waals surface area contributed by atoms with Gasteiger partial charge in [0.05, 0.1) is 38.4 Å². The first kappa shape index (κ1) is 33.8. The van der Waals surface area contributed by atoms with Crippen LogP contribution in [0.15, 0.2) is 146 Å². The van der Waals surface area contributed by atoms with Gasteiger partial charge in [-0.2, -0.15) is 0 Å². The summed E-state index contributed by atoms with van der Waals surface area (Å²) in [5.41, 5.74) is 11.7. The molecule has 0 aromatic heterocycles. The van der Waals surface area contributed by atoms with Gasteiger partial charge in [0.1, 0.15) is 18.5 Å². The van der Waals surface area contributed by atoms with Gasteiger partial charge in [-0.05, 0) is 67.1 Å². The number of aliphatic hydroxyl groups excluding tert-OH is 1. The average molecular weight is 764 g/mol. The molecule has 14 rings (SSSR count). The van der Waals surface area contributed by atoms with E-state index in [-0.39, 0.29) is 6.61 Å². The second-order valence-electron chi connectivity index (χ2n) is 17.3. The highest BCUT2D eigenvalue weighted by atomic mass is 16.8. The van der Waals surface area contributed by atoms with E-state index < -0.39 is 44.1 Å². The Bertz CT molecular complexity index is 2620. The Hall–Kier alpha value is -5.13. The van der Waals surface area contributed by atoms with Crippen LogP contribution in [0, 0.1) is 0 Å². The molecular weight excluding hydrogens is 722 g/mol. The Morgan fingerprint density at radius 3 is 1.59 bits per heavy atom. The third-order valence-corrected chi connectivity index (χ3v) is 14.2. The maximum Gasteiger partial charge on any atom is 0.504 e. The molecule has 7 aromatic rings. The highest BCUT2D eigenvalue weighted by molar-refractivity contribution is 6.75. The molecule has 3 N–H and O–H groups in total. The minimum atomic E-state index is -2.11. The SMILES string of the molecule is O[C@@H]1C2O[B-]34O[C@@H]2OC2CO[B-]5(O[C@@H]21)c1ccccc1C[NH+]5Cc1cccc(c1)-c1c2ccccc2c(c2ccccc12)-c1cccc(c1)C[NH+]3Cc1ccccc14. The van der Waals surface area contributed by atoms with Crippen LogP contribution in [0.25, 0.3) is 43.8 Å². The summed E-state index contributed by atoms with van der Waals surface area (Å²) in [6, 6.07) is 52.6. The van der Waals surface area contributed by atoms with Crippen molar-refractivity contribution >= 4 is 45.8 Å². The summed E-state index contributed by atoms with van der Waals surface area (Å²) in [5.74, 6) is 0. The van der Waals surface area contributed by atoms with Gasteiger partial charge in [0.25, 0.3) is 0 Å². The van der Waals surface area contributed by atoms with Crippen LogP contribution in [0.5, 0.6) is 0 Å². The van der Waals surface area contributed by atoms with E-state index in [1.54, 1.807) is 0 Å². The van der Waals surface area contributed by atoms with Crippen LogP contribution in [0.1, 0.15) is 22.3 Å². The van der Waals surface area contributed by atoms with Crippen molar-refractivity contribution in [2.24, 2.45) is 0 Å². The summed E-state index contributed by atoms with van der Waals surface area (Å²) in [6.07, 6.45) is -3.68. The minimum absolute atomic E-state index is 0.274. The lowest BCUT2D eigenvalue weighted by atomic mass is 9.61. The lowest BCUT2D eigenvalue weighted by Crippen LogP contribution is -3.22. The van der Waals surface area contributed by atoms with Gasteiger partial charge in [-0.15, -0.1) is 0 Å². The Morgan fingerprint density at radius 1 is 0.500 bits per heavy atom. The van der Waals surface area contributed by atoms with E-state index in [4.69, 9.17) is 23.4 Å². The molecular formula is C48H42B2N2O6. The van der Waals surface area contributed by atoms with E-state index in [1.807, 2.05) is 0 Å². The lowest BCUT2D eigenvalue weighted by molar-refractivity contribution is -0.840. The Balaban J connectivity index is 1.04. The van der Waals surface area contributed by atoms with Crippen molar-refractivity contribution in [1.82, 2.24) is 0 Å². The molecule has 7 heterocycles. The van der Waals surface area contributed by atoms with Crippen LogP contribution in [0.3, 0.4) is 0 Å². The lowest BCUT2D eigenvalue weighted by Gasteiger charge is -2.54. The van der Waals surface area contributed by atoms with Crippen molar-refractivity contribution in [3.05, 3.63) is 168 Å². The van der Waals surface area contributed by atoms with E-state index >= 15 is 0 Å². The van der Waals surface area contributed by atoms with Crippen LogP contribution in [0.4, 0.5) is 0 Å². The average Bonchev–Trinajstić information content (AvgIpc) is 3.89. The number of rotatable bonds is 0. The van der Waals surface area contributed by atoms with Gasteiger partial charge >= 0.3 is 13.4 Å². The number of fused-ring (bicyclic) bond motifs is 2. The molecule has 7 aliphatic heterocycles. The van der Waals surface area contributed by atoms with Crippen molar-refractivity contribution in [3.8, 4) is 22.3 Å². The van der Waals surface area contributed by atoms with E-state index in [1.165, 1.54) is 70.9 Å². The third-order valence-electron chi connectivity index (χ3n) is 14.2. The van der Waals surface area contributed by atoms with Gasteiger partial charge in [0.15, 0.2) is 0 Å². The number of benzene rings is 7. The molecule has 286 valence electrons. The molecule has 58 heavy (non-hydrogen) atoms. The molecule has 0 radical (unpaired) electrons. The summed E-state index contributed by atoms with van der Waals surface area (Å²) in [7, 11) is 0. The quantitative estimate of drug-likeness (QED) is 0.162. The molecule has 8 nitrogen and oxygen atoms in total. The van der Waals surface area contributed by atoms with E-state index in [0.29, 0.717) is 13.1 Å². The molecule has 6 unspecified atom stereocenters. The van der Waals surface area contributed by atoms with Crippen LogP contribution >= 0.6 is 0 Å². The van der Waals surface area contributed by atoms with Crippen LogP contribution in [-0.4, -0.2) is 55.8 Å². The Kier molecular flexibility index (Phi) is 7.25. The predicted molar refractivity (Wildman–Crippen MR) is 224 cm³/mol. The summed E-state index contributed by atoms with van der Waals surface area (Å²) < 4.78 is 35.2. The predicted octanol–water partition coefficient (Wildman–Crippen LogP) is 3.75. The van der Waals surface area contributed by atoms with Gasteiger partial charge in [-0.25, -0.2) is 0 Å². The highest BCUT2D eigenvalue weighted by Crippen LogP contribution is 2.44. The number of nitrogens with one attached hydrogen (secondary N) is 2. The van der Waals surface area contributed by atoms with Crippen molar-refractivity contribution in [2.75, 3.05) is 6.61 Å². The van der Waals surface area contributed by atoms with Crippen molar-refractivity contribution in [3.63, 3.8) is 0 Å². The topological polar surface area (TPSA) is 75.3 Å². The molecule has 2 spiro atoms. The monoisotopic (exact) mass is 764 g/mol. The largest absolute Gasteiger partial charge is 0.507 e. The molecule has 7 aliphatic rings. The molecule has 10 bridgehead atoms. The van der Waals surface area contributed by atoms with Gasteiger partial charge in [-0.3, -0.25) is 0 Å². The first-order valence-electron chi connectivity index (χ1n) is 20.8. The normalized spacial score (nSPS) is 31.5. The second kappa shape index (κ2) is 12.4. The number of hydrogen-bond acceptors (Lipinski definition) is 6. The van der Waals surface area contributed by atoms with E-state index in [9.17, 15) is 5.11 Å². The van der Waals surface area contributed by atoms with Gasteiger partial charge < -0.3 is 38.1 Å². The molecule has 0 saturated carbocycles. The first-order valence-corrected chi connectivity index (χ1v) is 20.8. The van der Waals surface area contributed by atoms with Gasteiger partial charge in [-0.1, -0.05) is 144 Å². The molecule has 7 aromatic carbocycles. The maximum atomic E-state index is 12.4. The molecule has 3 saturated heterocycles. The standard InChI is InChI=1S/C48H42B2N2O6/c53-45-46-42-29-54-49(56-46)40-21-7-1-13-34(40)27-51(49)25-30-11-9-15-32(23-30)43-36-17-3-5-19-38(36)44(39-20-6-4-18-37(39)43)33-16-10-12-31(24-33)26-52-28-35-14-2-8-22-41(35)50(52)57-47(45)48(55-42)58-50/h1-24,42,45-48,51-53H,25-29H2/t42?,45-,46-,47?,48-,49?,50?/m0/s1. The summed E-state index contributed by atoms with van der Waals surface area (Å²) in [5, 5.41) is 17.3. The summed E-state index contributed by atoms with van der Waals surface area (Å²) in [6.45, 7) is -1.12. The zero-order valence-electron chi connectivity index (χ0n) is 31.9. The van der Waals surface area contributed by atoms with Crippen molar-refractivity contribution in [1.29, 1.82) is 0 Å². The van der Waals surface area contributed by atoms with Gasteiger partial charge in [0.2, 0.25) is 0 Å². The number of hydrogen-bond donors (Lipinski definition) is 3. The zero-order valence-corrected chi connectivity index (χ0v) is 31.9. The fourth-order valence-electron chi connectivity index (χ4n) is 11.8. The number of quaternary nitrogens is 2. The fourth-order valence-corrected chi connectivity index (χ4v) is 11.8. The maximum absolute atomic E-state index is 12.4. The van der Waals surface area contributed by atoms with Crippen LogP contribution in [-0.2, 0) is 49.5 Å². The molecule has 0 aliphatic carbocycles. The highest BCUT2D eigenvalue weighted by Gasteiger charge is 2.65. The van der Waals surface area contributed by atoms with Crippen molar-refractivity contribution < 1.29 is 38.1 Å². The zero-order chi connectivity index (χ0) is 38.2. The second-order valence-corrected chi connectivity index (χ2v) is 17.3. The molecule has 3 fully saturated rings. The van der Waals surface area contributed by atoms with Crippen LogP contribution < -0.4 is 20.5 Å². The first-order chi connectivity index (χ1) is 28.6. The minimum Gasteiger partial charge on any atom is -0.507 e. The van der Waals surface area contributed by atoms with E-state index in [2.05, 4.69) is 146 Å². The third kappa shape index (κ3) is 4.71. The summed E-state index contributed by atoms with van der Waals surface area (Å²) in [4.78, 5) is 2.32. The molecule has 0 amide bonds. The van der Waals surface area contributed by atoms with E-state index in [0.717, 1.165) is 28.8 Å². The number of aliphatic hydroxyl groups is 1. The summed E-state index contributed by atoms with van der Waals surface area (Å²) >= 11 is 0. The van der Waals surface area contributed by atoms with Crippen molar-refractivity contribution in [2.45, 2.75) is 56.9 Å². The Morgan fingerprint density at radius 2 is 1.00 bits per heavy atom. The smallest absolute Gasteiger partial charge is 0.504 e. The number of ether oxygens (including phenoxy) is 1. The van der Waals surface area contributed by atoms with Gasteiger partial charge in [0, 0.05) is 17.7 Å².